The molecule has 1 aliphatic rings. The van der Waals surface area contributed by atoms with Crippen LogP contribution in [0.5, 0.6) is 11.5 Å². The molecule has 0 aromatic heterocycles. The molecule has 0 aliphatic carbocycles. The fourth-order valence-electron chi connectivity index (χ4n) is 2.73. The molecule has 0 unspecified atom stereocenters. The first-order valence-electron chi connectivity index (χ1n) is 7.30. The van der Waals surface area contributed by atoms with Gasteiger partial charge in [-0.2, -0.15) is 0 Å². The number of hydrogen-bond acceptors (Lipinski definition) is 5. The van der Waals surface area contributed by atoms with Crippen LogP contribution >= 0.6 is 0 Å². The van der Waals surface area contributed by atoms with Gasteiger partial charge in [0.05, 0.1) is 26.5 Å². The number of para-hydroxylation sites is 1. The Morgan fingerprint density at radius 1 is 1.04 bits per heavy atom. The number of methoxy groups -OCH3 is 2. The molecule has 126 valence electrons. The summed E-state index contributed by atoms with van der Waals surface area (Å²) in [6.07, 6.45) is 0. The van der Waals surface area contributed by atoms with Crippen LogP contribution in [0.15, 0.2) is 42.5 Å². The highest BCUT2D eigenvalue weighted by atomic mass is 32.2. The Morgan fingerprint density at radius 2 is 1.75 bits per heavy atom. The molecule has 2 aromatic rings. The molecule has 24 heavy (non-hydrogen) atoms. The zero-order valence-electron chi connectivity index (χ0n) is 13.4. The van der Waals surface area contributed by atoms with Crippen LogP contribution in [0.3, 0.4) is 0 Å². The predicted octanol–water partition coefficient (Wildman–Crippen LogP) is 2.24. The Bertz CT molecular complexity index is 892. The molecule has 1 aliphatic heterocycles. The quantitative estimate of drug-likeness (QED) is 0.848. The molecule has 6 nitrogen and oxygen atoms in total. The van der Waals surface area contributed by atoms with Gasteiger partial charge in [-0.1, -0.05) is 18.2 Å². The lowest BCUT2D eigenvalue weighted by atomic mass is 10.1. The molecular weight excluding hydrogens is 330 g/mol. The lowest BCUT2D eigenvalue weighted by Crippen LogP contribution is -2.40. The number of ketones is 1. The summed E-state index contributed by atoms with van der Waals surface area (Å²) in [6.45, 7) is 0.118. The zero-order chi connectivity index (χ0) is 17.3. The van der Waals surface area contributed by atoms with Gasteiger partial charge in [0.1, 0.15) is 5.75 Å². The average Bonchev–Trinajstić information content (AvgIpc) is 2.58. The molecule has 3 rings (SSSR count). The van der Waals surface area contributed by atoms with Crippen molar-refractivity contribution in [2.24, 2.45) is 0 Å². The summed E-state index contributed by atoms with van der Waals surface area (Å²) in [5.41, 5.74) is 1.57. The third-order valence-corrected chi connectivity index (χ3v) is 5.52. The molecular formula is C17H17NO5S. The lowest BCUT2D eigenvalue weighted by molar-refractivity contribution is 0.102. The molecule has 2 aromatic carbocycles. The summed E-state index contributed by atoms with van der Waals surface area (Å²) in [6, 6.07) is 12.0. The van der Waals surface area contributed by atoms with Crippen molar-refractivity contribution in [2.45, 2.75) is 6.54 Å². The van der Waals surface area contributed by atoms with E-state index < -0.39 is 15.8 Å². The molecule has 0 saturated carbocycles. The monoisotopic (exact) mass is 347 g/mol. The summed E-state index contributed by atoms with van der Waals surface area (Å²) >= 11 is 0. The van der Waals surface area contributed by atoms with E-state index in [4.69, 9.17) is 9.47 Å². The van der Waals surface area contributed by atoms with Crippen LogP contribution < -0.4 is 13.8 Å². The van der Waals surface area contributed by atoms with Crippen molar-refractivity contribution < 1.29 is 22.7 Å². The minimum absolute atomic E-state index is 0.118. The first-order valence-corrected chi connectivity index (χ1v) is 8.90. The SMILES string of the molecule is COc1ccc(CN2c3ccccc3C(=O)CS2(=O)=O)cc1OC. The highest BCUT2D eigenvalue weighted by molar-refractivity contribution is 7.93. The van der Waals surface area contributed by atoms with Gasteiger partial charge in [0.15, 0.2) is 17.3 Å². The van der Waals surface area contributed by atoms with Crippen molar-refractivity contribution in [3.05, 3.63) is 53.6 Å². The zero-order valence-corrected chi connectivity index (χ0v) is 14.2. The van der Waals surface area contributed by atoms with Gasteiger partial charge in [-0.25, -0.2) is 8.42 Å². The lowest BCUT2D eigenvalue weighted by Gasteiger charge is -2.30. The van der Waals surface area contributed by atoms with Gasteiger partial charge in [-0.3, -0.25) is 9.10 Å². The topological polar surface area (TPSA) is 72.9 Å². The number of nitrogens with zero attached hydrogens (tertiary/aromatic N) is 1. The van der Waals surface area contributed by atoms with Crippen molar-refractivity contribution in [2.75, 3.05) is 24.3 Å². The number of carbonyl (C=O) groups is 1. The number of carbonyl (C=O) groups excluding carboxylic acids is 1. The van der Waals surface area contributed by atoms with E-state index in [1.165, 1.54) is 18.5 Å². The smallest absolute Gasteiger partial charge is 0.243 e. The van der Waals surface area contributed by atoms with Crippen LogP contribution in [-0.4, -0.2) is 34.2 Å². The number of rotatable bonds is 4. The fourth-order valence-corrected chi connectivity index (χ4v) is 4.17. The Hall–Kier alpha value is -2.54. The minimum atomic E-state index is -3.71. The molecule has 0 saturated heterocycles. The van der Waals surface area contributed by atoms with Crippen LogP contribution in [-0.2, 0) is 16.6 Å². The van der Waals surface area contributed by atoms with Crippen molar-refractivity contribution in [1.82, 2.24) is 0 Å². The van der Waals surface area contributed by atoms with Gasteiger partial charge in [-0.15, -0.1) is 0 Å². The van der Waals surface area contributed by atoms with E-state index in [1.54, 1.807) is 42.5 Å². The van der Waals surface area contributed by atoms with Crippen LogP contribution in [0.1, 0.15) is 15.9 Å². The van der Waals surface area contributed by atoms with Gasteiger partial charge < -0.3 is 9.47 Å². The Labute approximate surface area is 140 Å². The minimum Gasteiger partial charge on any atom is -0.493 e. The highest BCUT2D eigenvalue weighted by Crippen LogP contribution is 2.33. The van der Waals surface area contributed by atoms with E-state index in [-0.39, 0.29) is 12.3 Å². The molecule has 0 atom stereocenters. The summed E-state index contributed by atoms with van der Waals surface area (Å²) in [4.78, 5) is 12.0. The number of ether oxygens (including phenoxy) is 2. The summed E-state index contributed by atoms with van der Waals surface area (Å²) in [5.74, 6) is 0.193. The summed E-state index contributed by atoms with van der Waals surface area (Å²) < 4.78 is 36.7. The van der Waals surface area contributed by atoms with E-state index in [0.717, 1.165) is 5.56 Å². The number of hydrogen-bond donors (Lipinski definition) is 0. The van der Waals surface area contributed by atoms with E-state index >= 15 is 0 Å². The summed E-state index contributed by atoms with van der Waals surface area (Å²) in [5, 5.41) is 0. The molecule has 0 spiro atoms. The highest BCUT2D eigenvalue weighted by Gasteiger charge is 2.34. The van der Waals surface area contributed by atoms with Gasteiger partial charge in [0.25, 0.3) is 0 Å². The molecule has 1 heterocycles. The Morgan fingerprint density at radius 3 is 2.46 bits per heavy atom. The van der Waals surface area contributed by atoms with Crippen LogP contribution in [0.25, 0.3) is 0 Å². The second-order valence-electron chi connectivity index (χ2n) is 5.39. The van der Waals surface area contributed by atoms with Crippen molar-refractivity contribution >= 4 is 21.5 Å². The van der Waals surface area contributed by atoms with Crippen molar-refractivity contribution in [1.29, 1.82) is 0 Å². The Kier molecular flexibility index (Phi) is 4.19. The third-order valence-electron chi connectivity index (χ3n) is 3.90. The summed E-state index contributed by atoms with van der Waals surface area (Å²) in [7, 11) is -0.651. The number of Topliss-reactive ketones (excluding diaryl/α,β-unsaturated/α-hetero) is 1. The maximum absolute atomic E-state index is 12.5. The molecule has 7 heteroatoms. The number of sulfonamides is 1. The van der Waals surface area contributed by atoms with Gasteiger partial charge in [0.2, 0.25) is 10.0 Å². The maximum atomic E-state index is 12.5. The molecule has 0 amide bonds. The largest absolute Gasteiger partial charge is 0.493 e. The maximum Gasteiger partial charge on any atom is 0.243 e. The fraction of sp³-hybridized carbons (Fsp3) is 0.235. The number of benzene rings is 2. The second kappa shape index (κ2) is 6.16. The van der Waals surface area contributed by atoms with Gasteiger partial charge in [0, 0.05) is 5.56 Å². The molecule has 0 bridgehead atoms. The predicted molar refractivity (Wildman–Crippen MR) is 90.3 cm³/mol. The van der Waals surface area contributed by atoms with Gasteiger partial charge in [-0.05, 0) is 29.8 Å². The van der Waals surface area contributed by atoms with Gasteiger partial charge >= 0.3 is 0 Å². The standard InChI is InChI=1S/C17H17NO5S/c1-22-16-8-7-12(9-17(16)23-2)10-18-14-6-4-3-5-13(14)15(19)11-24(18,20)21/h3-9H,10-11H2,1-2H3. The molecule has 0 radical (unpaired) electrons. The average molecular weight is 347 g/mol. The molecule has 0 fully saturated rings. The van der Waals surface area contributed by atoms with Crippen LogP contribution in [0.4, 0.5) is 5.69 Å². The van der Waals surface area contributed by atoms with Crippen LogP contribution in [0, 0.1) is 0 Å². The number of anilines is 1. The molecule has 0 N–H and O–H groups in total. The van der Waals surface area contributed by atoms with E-state index in [9.17, 15) is 13.2 Å². The Balaban J connectivity index is 2.02. The third kappa shape index (κ3) is 2.82. The van der Waals surface area contributed by atoms with Crippen LogP contribution in [0.2, 0.25) is 0 Å². The first kappa shape index (κ1) is 16.3. The number of fused-ring (bicyclic) bond motifs is 1. The van der Waals surface area contributed by atoms with Crippen molar-refractivity contribution in [3.8, 4) is 11.5 Å². The van der Waals surface area contributed by atoms with E-state index in [2.05, 4.69) is 0 Å². The first-order chi connectivity index (χ1) is 11.5. The van der Waals surface area contributed by atoms with Crippen molar-refractivity contribution in [3.63, 3.8) is 0 Å². The normalized spacial score (nSPS) is 15.8. The van der Waals surface area contributed by atoms with E-state index in [0.29, 0.717) is 22.7 Å². The van der Waals surface area contributed by atoms with E-state index in [1.807, 2.05) is 0 Å². The second-order valence-corrected chi connectivity index (χ2v) is 7.29.